The highest BCUT2D eigenvalue weighted by Crippen LogP contribution is 2.38. The molecule has 1 fully saturated rings. The Morgan fingerprint density at radius 2 is 1.61 bits per heavy atom. The first-order chi connectivity index (χ1) is 39.8. The third-order valence-electron chi connectivity index (χ3n) is 14.6. The maximum Gasteiger partial charge on any atom is 0.343 e. The summed E-state index contributed by atoms with van der Waals surface area (Å²) in [5, 5.41) is 31.0. The number of allylic oxidation sites excluding steroid dienone is 2. The van der Waals surface area contributed by atoms with Gasteiger partial charge in [0.25, 0.3) is 11.8 Å². The zero-order valence-electron chi connectivity index (χ0n) is 49.0. The summed E-state index contributed by atoms with van der Waals surface area (Å²) >= 11 is 0. The highest BCUT2D eigenvalue weighted by molar-refractivity contribution is 6.12. The van der Waals surface area contributed by atoms with Crippen molar-refractivity contribution < 1.29 is 76.7 Å². The van der Waals surface area contributed by atoms with Gasteiger partial charge in [-0.15, -0.1) is 0 Å². The molecule has 0 saturated carbocycles. The summed E-state index contributed by atoms with van der Waals surface area (Å²) in [6.07, 6.45) is 1.66. The Labute approximate surface area is 487 Å². The molecule has 7 N–H and O–H groups in total. The number of unbranched alkanes of at least 4 members (excludes halogenated alkanes) is 2. The predicted molar refractivity (Wildman–Crippen MR) is 309 cm³/mol. The van der Waals surface area contributed by atoms with Crippen LogP contribution in [0.25, 0.3) is 11.0 Å². The van der Waals surface area contributed by atoms with Gasteiger partial charge in [-0.2, -0.15) is 0 Å². The first-order valence-electron chi connectivity index (χ1n) is 28.0. The number of carbonyl (C=O) groups is 8. The molecule has 0 aliphatic carbocycles. The summed E-state index contributed by atoms with van der Waals surface area (Å²) in [6.45, 7) is 14.2. The van der Waals surface area contributed by atoms with Crippen LogP contribution in [0.5, 0.6) is 17.2 Å². The molecule has 6 atom stereocenters. The second-order valence-corrected chi connectivity index (χ2v) is 22.1. The van der Waals surface area contributed by atoms with E-state index in [1.165, 1.54) is 38.3 Å². The lowest BCUT2D eigenvalue weighted by atomic mass is 9.89. The van der Waals surface area contributed by atoms with Gasteiger partial charge >= 0.3 is 17.6 Å². The van der Waals surface area contributed by atoms with E-state index in [0.717, 1.165) is 21.6 Å². The molecule has 22 heteroatoms. The van der Waals surface area contributed by atoms with E-state index in [-0.39, 0.29) is 102 Å². The Morgan fingerprint density at radius 1 is 0.905 bits per heavy atom. The van der Waals surface area contributed by atoms with E-state index in [1.807, 2.05) is 19.9 Å². The Morgan fingerprint density at radius 3 is 2.25 bits per heavy atom. The molecule has 452 valence electrons. The minimum atomic E-state index is -1.48. The Hall–Kier alpha value is -8.21. The molecule has 1 aromatic heterocycles. The number of benzene rings is 3. The molecule has 3 heterocycles. The zero-order chi connectivity index (χ0) is 61.6. The van der Waals surface area contributed by atoms with E-state index in [2.05, 4.69) is 16.0 Å². The van der Waals surface area contributed by atoms with Crippen LogP contribution in [-0.4, -0.2) is 119 Å². The minimum Gasteiger partial charge on any atom is -0.507 e. The van der Waals surface area contributed by atoms with Crippen LogP contribution < -0.4 is 36.8 Å². The van der Waals surface area contributed by atoms with Crippen LogP contribution in [0.1, 0.15) is 126 Å². The van der Waals surface area contributed by atoms with E-state index >= 15 is 0 Å². The highest BCUT2D eigenvalue weighted by atomic mass is 16.7. The number of amides is 6. The van der Waals surface area contributed by atoms with Crippen molar-refractivity contribution in [1.82, 2.24) is 15.5 Å². The number of hydrogen-bond acceptors (Lipinski definition) is 17. The number of primary amides is 1. The predicted octanol–water partition coefficient (Wildman–Crippen LogP) is 6.73. The molecule has 6 amide bonds. The van der Waals surface area contributed by atoms with Gasteiger partial charge in [-0.25, -0.2) is 9.59 Å². The molecule has 0 spiro atoms. The average Bonchev–Trinajstić information content (AvgIpc) is 1.58. The van der Waals surface area contributed by atoms with Gasteiger partial charge in [0, 0.05) is 81.3 Å². The first kappa shape index (κ1) is 65.0. The fourth-order valence-corrected chi connectivity index (χ4v) is 10.1. The Balaban J connectivity index is 1.08. The number of ether oxygens (including phenoxy) is 5. The first-order valence-corrected chi connectivity index (χ1v) is 28.0. The molecule has 0 bridgehead atoms. The number of hydrogen-bond donors (Lipinski definition) is 6. The van der Waals surface area contributed by atoms with Crippen molar-refractivity contribution in [2.75, 3.05) is 25.5 Å². The maximum absolute atomic E-state index is 13.9. The van der Waals surface area contributed by atoms with Gasteiger partial charge < -0.3 is 60.0 Å². The molecule has 0 unspecified atom stereocenters. The monoisotopic (exact) mass is 1160 g/mol. The number of aliphatic hydroxyl groups is 1. The number of urea groups is 1. The summed E-state index contributed by atoms with van der Waals surface area (Å²) in [7, 11) is 1.40. The van der Waals surface area contributed by atoms with Crippen LogP contribution in [0.3, 0.4) is 0 Å². The standard InChI is InChI=1S/C62H77N5O17/c1-34(2)16-17-38-30-39(46(69)32-45-53(74)44-24-25-48(36(5)55(44)83-59(45)77)82-60-54(75)56(81-37(6)68)57(79-9)62(7,8)84-60)18-19-41(38)33-80-43-22-20-42(21-23-43)65-58(76)40(14-13-28-64-61(63)78)31-47(70)52(35(3)4)66-49(71)15-11-10-12-29-67-50(72)26-27-51(67)73/h16,18-27,30,35,40,52,54,56-57,60,74-75H,10-15,17,28-29,31-33H2,1-9H3,(H,65,76)(H,66,71)(H3,63,64,78)/t40-,52+,54-,56+,57-,60-/m1/s1. The summed E-state index contributed by atoms with van der Waals surface area (Å²) in [5.41, 5.74) is 6.47. The maximum atomic E-state index is 13.9. The third-order valence-corrected chi connectivity index (χ3v) is 14.6. The number of carbonyl (C=O) groups excluding carboxylic acids is 8. The molecule has 2 aliphatic heterocycles. The van der Waals surface area contributed by atoms with E-state index in [0.29, 0.717) is 43.5 Å². The molecule has 1 saturated heterocycles. The molecule has 84 heavy (non-hydrogen) atoms. The molecule has 3 aromatic carbocycles. The molecule has 4 aromatic rings. The fourth-order valence-electron chi connectivity index (χ4n) is 10.1. The number of nitrogens with zero attached hydrogens (tertiary/aromatic N) is 1. The van der Waals surface area contributed by atoms with E-state index < -0.39 is 83.6 Å². The van der Waals surface area contributed by atoms with Crippen LogP contribution >= 0.6 is 0 Å². The zero-order valence-corrected chi connectivity index (χ0v) is 49.0. The molecular formula is C62H77N5O17. The Kier molecular flexibility index (Phi) is 22.7. The number of esters is 1. The van der Waals surface area contributed by atoms with E-state index in [1.54, 1.807) is 77.1 Å². The number of aromatic hydroxyl groups is 1. The van der Waals surface area contributed by atoms with Gasteiger partial charge in [-0.05, 0) is 126 Å². The normalized spacial score (nSPS) is 18.0. The smallest absolute Gasteiger partial charge is 0.343 e. The topological polar surface area (TPSA) is 319 Å². The van der Waals surface area contributed by atoms with Gasteiger partial charge in [0.1, 0.15) is 35.5 Å². The van der Waals surface area contributed by atoms with Crippen molar-refractivity contribution in [2.45, 2.75) is 156 Å². The molecule has 0 radical (unpaired) electrons. The quantitative estimate of drug-likeness (QED) is 0.00819. The number of aliphatic hydroxyl groups excluding tert-OH is 1. The second-order valence-electron chi connectivity index (χ2n) is 22.1. The summed E-state index contributed by atoms with van der Waals surface area (Å²) in [5.74, 6) is -3.93. The van der Waals surface area contributed by atoms with Crippen molar-refractivity contribution in [3.8, 4) is 17.2 Å². The number of fused-ring (bicyclic) bond motifs is 1. The number of nitrogens with one attached hydrogen (secondary N) is 3. The van der Waals surface area contributed by atoms with E-state index in [9.17, 15) is 53.4 Å². The summed E-state index contributed by atoms with van der Waals surface area (Å²) in [4.78, 5) is 116. The SMILES string of the molecule is CO[C@@H]1[C@@H](OC(C)=O)[C@@H](O)[C@H](Oc2ccc3c(O)c(CC(=O)c4ccc(COc5ccc(NC(=O)[C@H](CCCNC(N)=O)CC(=O)[C@@H](NC(=O)CCCCCN6C(=O)C=CC6=O)C(C)C)cc5)c(CC=C(C)C)c4)c(=O)oc3c2C)OC1(C)C. The number of aryl methyl sites for hydroxylation is 1. The van der Waals surface area contributed by atoms with Gasteiger partial charge in [-0.3, -0.25) is 38.5 Å². The van der Waals surface area contributed by atoms with Crippen LogP contribution in [0, 0.1) is 18.8 Å². The average molecular weight is 1160 g/mol. The van der Waals surface area contributed by atoms with Crippen molar-refractivity contribution in [3.63, 3.8) is 0 Å². The minimum absolute atomic E-state index is 0.0230. The van der Waals surface area contributed by atoms with Gasteiger partial charge in [0.05, 0.1) is 22.6 Å². The number of imide groups is 1. The van der Waals surface area contributed by atoms with Crippen molar-refractivity contribution in [2.24, 2.45) is 17.6 Å². The van der Waals surface area contributed by atoms with Gasteiger partial charge in [0.2, 0.25) is 18.1 Å². The molecule has 2 aliphatic rings. The third kappa shape index (κ3) is 17.2. The van der Waals surface area contributed by atoms with Crippen LogP contribution in [-0.2, 0) is 62.4 Å². The number of rotatable bonds is 29. The fraction of sp³-hybridized carbons (Fsp3) is 0.468. The number of ketones is 2. The van der Waals surface area contributed by atoms with Crippen molar-refractivity contribution in [1.29, 1.82) is 0 Å². The van der Waals surface area contributed by atoms with Crippen LogP contribution in [0.2, 0.25) is 0 Å². The lowest BCUT2D eigenvalue weighted by molar-refractivity contribution is -0.308. The summed E-state index contributed by atoms with van der Waals surface area (Å²) in [6, 6.07) is 13.0. The lowest BCUT2D eigenvalue weighted by Crippen LogP contribution is -2.65. The molecule has 6 rings (SSSR count). The van der Waals surface area contributed by atoms with Gasteiger partial charge in [-0.1, -0.05) is 44.1 Å². The largest absolute Gasteiger partial charge is 0.507 e. The number of methoxy groups -OCH3 is 1. The molecule has 22 nitrogen and oxygen atoms in total. The summed E-state index contributed by atoms with van der Waals surface area (Å²) < 4.78 is 35.0. The highest BCUT2D eigenvalue weighted by Gasteiger charge is 2.53. The van der Waals surface area contributed by atoms with Crippen LogP contribution in [0.15, 0.2) is 87.6 Å². The Bertz CT molecular complexity index is 3200. The van der Waals surface area contributed by atoms with Gasteiger partial charge in [0.15, 0.2) is 23.8 Å². The van der Waals surface area contributed by atoms with Crippen molar-refractivity contribution >= 4 is 63.9 Å². The van der Waals surface area contributed by atoms with Crippen molar-refractivity contribution in [3.05, 3.63) is 117 Å². The molecular weight excluding hydrogens is 1090 g/mol. The number of nitrogens with two attached hydrogens (primary N) is 1. The number of anilines is 1. The van der Waals surface area contributed by atoms with Crippen LogP contribution in [0.4, 0.5) is 10.5 Å². The van der Waals surface area contributed by atoms with E-state index in [4.69, 9.17) is 33.8 Å². The lowest BCUT2D eigenvalue weighted by Gasteiger charge is -2.47. The number of Topliss-reactive ketones (excluding diaryl/α,β-unsaturated/α-hetero) is 2. The second kappa shape index (κ2) is 29.4.